The molecule has 8 heteroatoms. The Bertz CT molecular complexity index is 1590. The molecule has 42 heavy (non-hydrogen) atoms. The van der Waals surface area contributed by atoms with Crippen LogP contribution >= 0.6 is 11.8 Å². The van der Waals surface area contributed by atoms with E-state index in [4.69, 9.17) is 5.10 Å². The maximum absolute atomic E-state index is 14.0. The molecular weight excluding hydrogens is 542 g/mol. The van der Waals surface area contributed by atoms with Gasteiger partial charge in [0.25, 0.3) is 0 Å². The third kappa shape index (κ3) is 5.49. The van der Waals surface area contributed by atoms with Gasteiger partial charge in [0.05, 0.1) is 22.4 Å². The van der Waals surface area contributed by atoms with Gasteiger partial charge in [-0.3, -0.25) is 14.5 Å². The molecule has 0 spiro atoms. The first kappa shape index (κ1) is 28.2. The van der Waals surface area contributed by atoms with E-state index in [0.717, 1.165) is 58.8 Å². The van der Waals surface area contributed by atoms with Crippen LogP contribution in [0.1, 0.15) is 34.4 Å². The smallest absolute Gasteiger partial charge is 0.242 e. The number of amides is 2. The Morgan fingerprint density at radius 3 is 2.38 bits per heavy atom. The van der Waals surface area contributed by atoms with Gasteiger partial charge in [-0.05, 0) is 37.6 Å². The van der Waals surface area contributed by atoms with Crippen LogP contribution in [-0.4, -0.2) is 76.4 Å². The number of carbonyl (C=O) groups is 2. The summed E-state index contributed by atoms with van der Waals surface area (Å²) in [4.78, 5) is 33.8. The van der Waals surface area contributed by atoms with Gasteiger partial charge in [-0.15, -0.1) is 11.8 Å². The molecule has 0 radical (unpaired) electrons. The highest BCUT2D eigenvalue weighted by Crippen LogP contribution is 2.48. The number of piperazine rings is 1. The fourth-order valence-electron chi connectivity index (χ4n) is 5.94. The maximum Gasteiger partial charge on any atom is 0.242 e. The molecule has 7 nitrogen and oxygen atoms in total. The SMILES string of the molecule is CCN1CCN(C(=O)CN2C(=O)CSC(c3cccc(C)c3)c3c(-c4ccccc4)nn(-c4ccccc4C)c32)CC1. The van der Waals surface area contributed by atoms with Gasteiger partial charge >= 0.3 is 0 Å². The third-order valence-electron chi connectivity index (χ3n) is 8.29. The van der Waals surface area contributed by atoms with E-state index in [1.807, 2.05) is 46.0 Å². The highest BCUT2D eigenvalue weighted by atomic mass is 32.2. The average molecular weight is 580 g/mol. The van der Waals surface area contributed by atoms with E-state index >= 15 is 0 Å². The summed E-state index contributed by atoms with van der Waals surface area (Å²) in [6.45, 7) is 10.3. The normalized spacial score (nSPS) is 17.7. The lowest BCUT2D eigenvalue weighted by Gasteiger charge is -2.35. The van der Waals surface area contributed by atoms with Crippen LogP contribution in [0.5, 0.6) is 0 Å². The Hall–Kier alpha value is -3.88. The number of aromatic nitrogens is 2. The van der Waals surface area contributed by atoms with Crippen LogP contribution in [0.25, 0.3) is 16.9 Å². The highest BCUT2D eigenvalue weighted by Gasteiger charge is 2.38. The first-order valence-corrected chi connectivity index (χ1v) is 15.7. The number of hydrogen-bond acceptors (Lipinski definition) is 5. The number of aryl methyl sites for hydroxylation is 2. The quantitative estimate of drug-likeness (QED) is 0.302. The predicted octanol–water partition coefficient (Wildman–Crippen LogP) is 5.49. The fourth-order valence-corrected chi connectivity index (χ4v) is 7.13. The van der Waals surface area contributed by atoms with Crippen molar-refractivity contribution in [1.29, 1.82) is 0 Å². The van der Waals surface area contributed by atoms with Crippen LogP contribution < -0.4 is 4.90 Å². The summed E-state index contributed by atoms with van der Waals surface area (Å²) in [5, 5.41) is 5.10. The Morgan fingerprint density at radius 1 is 0.929 bits per heavy atom. The van der Waals surface area contributed by atoms with Crippen molar-refractivity contribution >= 4 is 29.4 Å². The minimum absolute atomic E-state index is 0.00907. The lowest BCUT2D eigenvalue weighted by molar-refractivity contribution is -0.132. The van der Waals surface area contributed by atoms with E-state index in [-0.39, 0.29) is 29.4 Å². The maximum atomic E-state index is 14.0. The van der Waals surface area contributed by atoms with Gasteiger partial charge < -0.3 is 9.80 Å². The Morgan fingerprint density at radius 2 is 1.67 bits per heavy atom. The van der Waals surface area contributed by atoms with Crippen molar-refractivity contribution in [1.82, 2.24) is 19.6 Å². The second-order valence-corrected chi connectivity index (χ2v) is 12.1. The summed E-state index contributed by atoms with van der Waals surface area (Å²) >= 11 is 1.61. The van der Waals surface area contributed by atoms with E-state index in [9.17, 15) is 9.59 Å². The number of fused-ring (bicyclic) bond motifs is 1. The van der Waals surface area contributed by atoms with E-state index in [1.165, 1.54) is 0 Å². The Labute approximate surface area is 252 Å². The van der Waals surface area contributed by atoms with Gasteiger partial charge in [0, 0.05) is 37.3 Å². The average Bonchev–Trinajstić information content (AvgIpc) is 3.33. The largest absolute Gasteiger partial charge is 0.339 e. The molecule has 6 rings (SSSR count). The summed E-state index contributed by atoms with van der Waals surface area (Å²) < 4.78 is 1.90. The van der Waals surface area contributed by atoms with Crippen LogP contribution in [0, 0.1) is 13.8 Å². The van der Waals surface area contributed by atoms with Crippen molar-refractivity contribution in [2.45, 2.75) is 26.0 Å². The summed E-state index contributed by atoms with van der Waals surface area (Å²) in [5.41, 5.74) is 7.01. The molecule has 0 bridgehead atoms. The molecule has 2 aliphatic rings. The lowest BCUT2D eigenvalue weighted by atomic mass is 9.98. The van der Waals surface area contributed by atoms with Crippen molar-refractivity contribution in [3.63, 3.8) is 0 Å². The molecule has 1 fully saturated rings. The zero-order valence-electron chi connectivity index (χ0n) is 24.5. The van der Waals surface area contributed by atoms with Gasteiger partial charge in [-0.1, -0.05) is 85.3 Å². The van der Waals surface area contributed by atoms with Crippen LogP contribution in [0.4, 0.5) is 5.82 Å². The molecule has 0 saturated carbocycles. The number of rotatable bonds is 6. The van der Waals surface area contributed by atoms with Gasteiger partial charge in [0.1, 0.15) is 12.4 Å². The van der Waals surface area contributed by atoms with Crippen LogP contribution in [0.3, 0.4) is 0 Å². The first-order chi connectivity index (χ1) is 20.4. The molecule has 3 heterocycles. The number of anilines is 1. The highest BCUT2D eigenvalue weighted by molar-refractivity contribution is 8.00. The topological polar surface area (TPSA) is 61.7 Å². The van der Waals surface area contributed by atoms with Gasteiger partial charge in [0.2, 0.25) is 11.8 Å². The number of hydrogen-bond donors (Lipinski definition) is 0. The Balaban J connectivity index is 1.54. The standard InChI is InChI=1S/C34H37N5O2S/c1-4-36-17-19-37(20-18-36)29(40)22-38-30(41)23-42-33(27-15-10-11-24(2)21-27)31-32(26-13-6-5-7-14-26)35-39(34(31)38)28-16-9-8-12-25(28)3/h5-16,21,33H,4,17-20,22-23H2,1-3H3. The minimum atomic E-state index is -0.134. The number of thioether (sulfide) groups is 1. The summed E-state index contributed by atoms with van der Waals surface area (Å²) in [5.74, 6) is 0.853. The summed E-state index contributed by atoms with van der Waals surface area (Å²) in [7, 11) is 0. The van der Waals surface area contributed by atoms with E-state index in [2.05, 4.69) is 68.1 Å². The molecule has 1 saturated heterocycles. The molecule has 1 unspecified atom stereocenters. The molecule has 3 aromatic carbocycles. The number of benzene rings is 3. The molecule has 1 atom stereocenters. The van der Waals surface area contributed by atoms with E-state index in [1.54, 1.807) is 16.7 Å². The third-order valence-corrected chi connectivity index (χ3v) is 9.55. The van der Waals surface area contributed by atoms with Crippen molar-refractivity contribution in [2.75, 3.05) is 49.9 Å². The number of carbonyl (C=O) groups excluding carboxylic acids is 2. The van der Waals surface area contributed by atoms with Crippen molar-refractivity contribution < 1.29 is 9.59 Å². The molecule has 1 aromatic heterocycles. The molecule has 2 aliphatic heterocycles. The Kier molecular flexibility index (Phi) is 8.18. The second kappa shape index (κ2) is 12.2. The molecule has 216 valence electrons. The summed E-state index contributed by atoms with van der Waals surface area (Å²) in [6, 6.07) is 26.7. The number of likely N-dealkylation sites (N-methyl/N-ethyl adjacent to an activating group) is 1. The number of para-hydroxylation sites is 1. The zero-order valence-corrected chi connectivity index (χ0v) is 25.3. The van der Waals surface area contributed by atoms with E-state index in [0.29, 0.717) is 18.9 Å². The molecule has 0 aliphatic carbocycles. The summed E-state index contributed by atoms with van der Waals surface area (Å²) in [6.07, 6.45) is 0. The van der Waals surface area contributed by atoms with Gasteiger partial charge in [-0.2, -0.15) is 5.10 Å². The number of nitrogens with zero attached hydrogens (tertiary/aromatic N) is 5. The molecule has 0 N–H and O–H groups in total. The van der Waals surface area contributed by atoms with E-state index < -0.39 is 0 Å². The van der Waals surface area contributed by atoms with Crippen molar-refractivity contribution in [3.05, 3.63) is 101 Å². The predicted molar refractivity (Wildman–Crippen MR) is 170 cm³/mol. The monoisotopic (exact) mass is 579 g/mol. The zero-order chi connectivity index (χ0) is 29.2. The van der Waals surface area contributed by atoms with Gasteiger partial charge in [0.15, 0.2) is 0 Å². The second-order valence-electron chi connectivity index (χ2n) is 11.1. The lowest BCUT2D eigenvalue weighted by Crippen LogP contribution is -2.52. The first-order valence-electron chi connectivity index (χ1n) is 14.7. The molecule has 4 aromatic rings. The minimum Gasteiger partial charge on any atom is -0.339 e. The van der Waals surface area contributed by atoms with Crippen LogP contribution in [0.2, 0.25) is 0 Å². The van der Waals surface area contributed by atoms with Gasteiger partial charge in [-0.25, -0.2) is 4.68 Å². The fraction of sp³-hybridized carbons (Fsp3) is 0.324. The molecular formula is C34H37N5O2S. The van der Waals surface area contributed by atoms with Crippen LogP contribution in [-0.2, 0) is 9.59 Å². The van der Waals surface area contributed by atoms with Crippen LogP contribution in [0.15, 0.2) is 78.9 Å². The molecule has 2 amide bonds. The van der Waals surface area contributed by atoms with Crippen molar-refractivity contribution in [3.8, 4) is 16.9 Å². The van der Waals surface area contributed by atoms with Crippen molar-refractivity contribution in [2.24, 2.45) is 0 Å².